The van der Waals surface area contributed by atoms with Gasteiger partial charge in [0.25, 0.3) is 0 Å². The van der Waals surface area contributed by atoms with Gasteiger partial charge in [0.2, 0.25) is 0 Å². The molecule has 3 N–H and O–H groups in total. The summed E-state index contributed by atoms with van der Waals surface area (Å²) in [6, 6.07) is 15.5. The first-order valence-electron chi connectivity index (χ1n) is 6.50. The van der Waals surface area contributed by atoms with E-state index in [2.05, 4.69) is 24.4 Å². The summed E-state index contributed by atoms with van der Waals surface area (Å²) < 4.78 is 0. The van der Waals surface area contributed by atoms with Gasteiger partial charge >= 0.3 is 0 Å². The van der Waals surface area contributed by atoms with Crippen LogP contribution in [0.15, 0.2) is 48.5 Å². The molecule has 0 spiro atoms. The molecule has 1 atom stereocenters. The lowest BCUT2D eigenvalue weighted by Crippen LogP contribution is -2.20. The topological polar surface area (TPSA) is 52.5 Å². The highest BCUT2D eigenvalue weighted by Crippen LogP contribution is 2.28. The molecule has 3 heteroatoms. The van der Waals surface area contributed by atoms with Crippen LogP contribution in [0.3, 0.4) is 0 Å². The molecule has 0 fully saturated rings. The Kier molecular flexibility index (Phi) is 4.42. The molecule has 100 valence electrons. The van der Waals surface area contributed by atoms with E-state index in [0.717, 1.165) is 6.42 Å². The van der Waals surface area contributed by atoms with Crippen LogP contribution in [-0.2, 0) is 6.54 Å². The third-order valence-electron chi connectivity index (χ3n) is 3.25. The monoisotopic (exact) mass is 257 g/mol. The molecule has 1 unspecified atom stereocenters. The van der Waals surface area contributed by atoms with Gasteiger partial charge in [-0.05, 0) is 18.1 Å². The predicted molar refractivity (Wildman–Crippen MR) is 76.1 cm³/mol. The SMILES string of the molecule is CCC(NCc1cccc(O)c1O)c1ccccc1. The average molecular weight is 257 g/mol. The van der Waals surface area contributed by atoms with Gasteiger partial charge in [0.15, 0.2) is 11.5 Å². The fourth-order valence-electron chi connectivity index (χ4n) is 2.14. The first-order chi connectivity index (χ1) is 9.22. The van der Waals surface area contributed by atoms with E-state index in [1.807, 2.05) is 18.2 Å². The Morgan fingerprint density at radius 2 is 1.74 bits per heavy atom. The quantitative estimate of drug-likeness (QED) is 0.720. The second-order valence-electron chi connectivity index (χ2n) is 4.54. The number of hydrogen-bond acceptors (Lipinski definition) is 3. The van der Waals surface area contributed by atoms with E-state index in [9.17, 15) is 10.2 Å². The van der Waals surface area contributed by atoms with E-state index >= 15 is 0 Å². The first kappa shape index (κ1) is 13.4. The normalized spacial score (nSPS) is 12.3. The zero-order chi connectivity index (χ0) is 13.7. The maximum atomic E-state index is 9.76. The van der Waals surface area contributed by atoms with Crippen molar-refractivity contribution in [2.24, 2.45) is 0 Å². The summed E-state index contributed by atoms with van der Waals surface area (Å²) in [6.45, 7) is 2.64. The summed E-state index contributed by atoms with van der Waals surface area (Å²) in [5.41, 5.74) is 1.93. The van der Waals surface area contributed by atoms with Crippen molar-refractivity contribution in [2.45, 2.75) is 25.9 Å². The van der Waals surface area contributed by atoms with Crippen LogP contribution in [0, 0.1) is 0 Å². The second kappa shape index (κ2) is 6.25. The van der Waals surface area contributed by atoms with Gasteiger partial charge in [0.1, 0.15) is 0 Å². The highest BCUT2D eigenvalue weighted by atomic mass is 16.3. The third kappa shape index (κ3) is 3.26. The number of para-hydroxylation sites is 1. The van der Waals surface area contributed by atoms with Crippen molar-refractivity contribution in [3.05, 3.63) is 59.7 Å². The van der Waals surface area contributed by atoms with Gasteiger partial charge in [-0.1, -0.05) is 49.4 Å². The van der Waals surface area contributed by atoms with Crippen molar-refractivity contribution >= 4 is 0 Å². The van der Waals surface area contributed by atoms with Crippen LogP contribution in [0.25, 0.3) is 0 Å². The van der Waals surface area contributed by atoms with Crippen LogP contribution >= 0.6 is 0 Å². The van der Waals surface area contributed by atoms with E-state index in [4.69, 9.17) is 0 Å². The van der Waals surface area contributed by atoms with Crippen LogP contribution < -0.4 is 5.32 Å². The second-order valence-corrected chi connectivity index (χ2v) is 4.54. The van der Waals surface area contributed by atoms with Gasteiger partial charge < -0.3 is 15.5 Å². The molecule has 2 rings (SSSR count). The highest BCUT2D eigenvalue weighted by molar-refractivity contribution is 5.44. The van der Waals surface area contributed by atoms with Gasteiger partial charge in [0.05, 0.1) is 0 Å². The number of benzene rings is 2. The molecule has 0 aliphatic heterocycles. The third-order valence-corrected chi connectivity index (χ3v) is 3.25. The Morgan fingerprint density at radius 3 is 2.42 bits per heavy atom. The molecular weight excluding hydrogens is 238 g/mol. The molecule has 0 aliphatic carbocycles. The van der Waals surface area contributed by atoms with Gasteiger partial charge in [0, 0.05) is 18.2 Å². The molecule has 0 saturated carbocycles. The maximum Gasteiger partial charge on any atom is 0.161 e. The van der Waals surface area contributed by atoms with Crippen LogP contribution in [0.2, 0.25) is 0 Å². The number of aromatic hydroxyl groups is 2. The highest BCUT2D eigenvalue weighted by Gasteiger charge is 2.10. The van der Waals surface area contributed by atoms with Crippen molar-refractivity contribution < 1.29 is 10.2 Å². The summed E-state index contributed by atoms with van der Waals surface area (Å²) in [4.78, 5) is 0. The molecule has 0 amide bonds. The van der Waals surface area contributed by atoms with Gasteiger partial charge in [-0.3, -0.25) is 0 Å². The predicted octanol–water partition coefficient (Wildman–Crippen LogP) is 3.34. The minimum atomic E-state index is -0.0768. The van der Waals surface area contributed by atoms with E-state index in [-0.39, 0.29) is 17.5 Å². The largest absolute Gasteiger partial charge is 0.504 e. The number of rotatable bonds is 5. The fourth-order valence-corrected chi connectivity index (χ4v) is 2.14. The summed E-state index contributed by atoms with van der Waals surface area (Å²) in [5.74, 6) is -0.120. The smallest absolute Gasteiger partial charge is 0.161 e. The van der Waals surface area contributed by atoms with Crippen LogP contribution in [0.1, 0.15) is 30.5 Å². The molecule has 0 aliphatic rings. The average Bonchev–Trinajstić information content (AvgIpc) is 2.45. The molecule has 2 aromatic carbocycles. The Bertz CT molecular complexity index is 526. The zero-order valence-corrected chi connectivity index (χ0v) is 11.0. The lowest BCUT2D eigenvalue weighted by atomic mass is 10.0. The summed E-state index contributed by atoms with van der Waals surface area (Å²) in [7, 11) is 0. The van der Waals surface area contributed by atoms with E-state index in [1.165, 1.54) is 11.6 Å². The molecule has 3 nitrogen and oxygen atoms in total. The summed E-state index contributed by atoms with van der Waals surface area (Å²) >= 11 is 0. The molecular formula is C16H19NO2. The number of phenols is 2. The van der Waals surface area contributed by atoms with Crippen molar-refractivity contribution in [1.29, 1.82) is 0 Å². The minimum absolute atomic E-state index is 0.0436. The van der Waals surface area contributed by atoms with Gasteiger partial charge in [-0.15, -0.1) is 0 Å². The Hall–Kier alpha value is -2.00. The van der Waals surface area contributed by atoms with Crippen molar-refractivity contribution in [2.75, 3.05) is 0 Å². The molecule has 2 aromatic rings. The molecule has 19 heavy (non-hydrogen) atoms. The van der Waals surface area contributed by atoms with Crippen molar-refractivity contribution in [3.63, 3.8) is 0 Å². The number of nitrogens with one attached hydrogen (secondary N) is 1. The summed E-state index contributed by atoms with van der Waals surface area (Å²) in [5, 5.41) is 22.6. The van der Waals surface area contributed by atoms with Crippen molar-refractivity contribution in [3.8, 4) is 11.5 Å². The van der Waals surface area contributed by atoms with Gasteiger partial charge in [-0.2, -0.15) is 0 Å². The van der Waals surface area contributed by atoms with Crippen LogP contribution in [0.5, 0.6) is 11.5 Å². The lowest BCUT2D eigenvalue weighted by Gasteiger charge is -2.18. The molecule has 0 heterocycles. The standard InChI is InChI=1S/C16H19NO2/c1-2-14(12-7-4-3-5-8-12)17-11-13-9-6-10-15(18)16(13)19/h3-10,14,17-19H,2,11H2,1H3. The van der Waals surface area contributed by atoms with E-state index in [1.54, 1.807) is 12.1 Å². The lowest BCUT2D eigenvalue weighted by molar-refractivity contribution is 0.395. The van der Waals surface area contributed by atoms with Crippen molar-refractivity contribution in [1.82, 2.24) is 5.32 Å². The van der Waals surface area contributed by atoms with E-state index < -0.39 is 0 Å². The Balaban J connectivity index is 2.06. The number of hydrogen-bond donors (Lipinski definition) is 3. The summed E-state index contributed by atoms with van der Waals surface area (Å²) in [6.07, 6.45) is 0.962. The molecule has 0 bridgehead atoms. The van der Waals surface area contributed by atoms with Crippen LogP contribution in [-0.4, -0.2) is 10.2 Å². The molecule has 0 saturated heterocycles. The maximum absolute atomic E-state index is 9.76. The Labute approximate surface area is 113 Å². The number of phenolic OH excluding ortho intramolecular Hbond substituents is 2. The minimum Gasteiger partial charge on any atom is -0.504 e. The van der Waals surface area contributed by atoms with E-state index in [0.29, 0.717) is 12.1 Å². The van der Waals surface area contributed by atoms with Gasteiger partial charge in [-0.25, -0.2) is 0 Å². The van der Waals surface area contributed by atoms with Crippen LogP contribution in [0.4, 0.5) is 0 Å². The molecule has 0 radical (unpaired) electrons. The Morgan fingerprint density at radius 1 is 1.00 bits per heavy atom. The molecule has 0 aromatic heterocycles. The fraction of sp³-hybridized carbons (Fsp3) is 0.250. The zero-order valence-electron chi connectivity index (χ0n) is 11.0. The first-order valence-corrected chi connectivity index (χ1v) is 6.50.